The molecule has 1 aromatic heterocycles. The molecule has 0 atom stereocenters. The van der Waals surface area contributed by atoms with Gasteiger partial charge >= 0.3 is 5.69 Å². The van der Waals surface area contributed by atoms with Crippen LogP contribution in [0.1, 0.15) is 11.1 Å². The molecule has 0 saturated carbocycles. The maximum Gasteiger partial charge on any atom is 0.330 e. The molecule has 1 heterocycles. The number of ether oxygens (including phenoxy) is 2. The fourth-order valence-electron chi connectivity index (χ4n) is 3.28. The Labute approximate surface area is 190 Å². The molecule has 0 fully saturated rings. The minimum atomic E-state index is -0.745. The standard InChI is InChI=1S/C24H26N4O5/c1-32-14-13-27-22(25)21(23(30)26-24(27)31)28(16-18-7-4-3-5-8-18)20(29)12-11-17-9-6-10-19(15-17)33-2/h3-12,15H,13-14,16,25H2,1-2H3,(H,26,30,31). The Morgan fingerprint density at radius 3 is 2.58 bits per heavy atom. The van der Waals surface area contributed by atoms with Crippen LogP contribution in [0.15, 0.2) is 70.3 Å². The largest absolute Gasteiger partial charge is 0.497 e. The summed E-state index contributed by atoms with van der Waals surface area (Å²) in [5.74, 6) is 0.0623. The van der Waals surface area contributed by atoms with Gasteiger partial charge in [0.2, 0.25) is 0 Å². The van der Waals surface area contributed by atoms with Crippen molar-refractivity contribution >= 4 is 23.5 Å². The van der Waals surface area contributed by atoms with Gasteiger partial charge in [-0.15, -0.1) is 0 Å². The lowest BCUT2D eigenvalue weighted by Gasteiger charge is -2.23. The summed E-state index contributed by atoms with van der Waals surface area (Å²) in [7, 11) is 3.05. The first-order valence-electron chi connectivity index (χ1n) is 10.2. The molecule has 0 radical (unpaired) electrons. The van der Waals surface area contributed by atoms with E-state index in [9.17, 15) is 14.4 Å². The molecule has 0 bridgehead atoms. The van der Waals surface area contributed by atoms with Crippen LogP contribution in [0.2, 0.25) is 0 Å². The Hall–Kier alpha value is -4.11. The number of hydrogen-bond acceptors (Lipinski definition) is 6. The summed E-state index contributed by atoms with van der Waals surface area (Å²) in [4.78, 5) is 41.8. The average molecular weight is 450 g/mol. The van der Waals surface area contributed by atoms with E-state index >= 15 is 0 Å². The zero-order valence-corrected chi connectivity index (χ0v) is 18.5. The molecule has 0 spiro atoms. The average Bonchev–Trinajstić information content (AvgIpc) is 2.82. The van der Waals surface area contributed by atoms with Crippen molar-refractivity contribution in [2.45, 2.75) is 13.1 Å². The monoisotopic (exact) mass is 450 g/mol. The Morgan fingerprint density at radius 1 is 1.12 bits per heavy atom. The highest BCUT2D eigenvalue weighted by Crippen LogP contribution is 2.21. The number of aromatic amines is 1. The fourth-order valence-corrected chi connectivity index (χ4v) is 3.28. The minimum absolute atomic E-state index is 0.0812. The maximum atomic E-state index is 13.3. The SMILES string of the molecule is COCCn1c(N)c(N(Cc2ccccc2)C(=O)C=Cc2cccc(OC)c2)c(=O)[nH]c1=O. The third kappa shape index (κ3) is 5.78. The van der Waals surface area contributed by atoms with Crippen molar-refractivity contribution in [3.8, 4) is 5.75 Å². The van der Waals surface area contributed by atoms with Gasteiger partial charge in [0.05, 0.1) is 26.8 Å². The Kier molecular flexibility index (Phi) is 7.82. The van der Waals surface area contributed by atoms with Crippen LogP contribution in [0.25, 0.3) is 6.08 Å². The van der Waals surface area contributed by atoms with E-state index in [1.54, 1.807) is 31.4 Å². The van der Waals surface area contributed by atoms with Gasteiger partial charge in [0.15, 0.2) is 5.69 Å². The Morgan fingerprint density at radius 2 is 1.88 bits per heavy atom. The first-order chi connectivity index (χ1) is 15.9. The van der Waals surface area contributed by atoms with Gasteiger partial charge in [0.1, 0.15) is 11.6 Å². The number of anilines is 2. The fraction of sp³-hybridized carbons (Fsp3) is 0.208. The summed E-state index contributed by atoms with van der Waals surface area (Å²) in [5.41, 5.74) is 6.23. The number of H-pyrrole nitrogens is 1. The molecule has 3 N–H and O–H groups in total. The molecule has 9 nitrogen and oxygen atoms in total. The highest BCUT2D eigenvalue weighted by molar-refractivity contribution is 6.05. The topological polar surface area (TPSA) is 120 Å². The van der Waals surface area contributed by atoms with Gasteiger partial charge in [-0.2, -0.15) is 0 Å². The van der Waals surface area contributed by atoms with E-state index in [0.717, 1.165) is 11.1 Å². The first-order valence-corrected chi connectivity index (χ1v) is 10.2. The normalized spacial score (nSPS) is 11.0. The number of carbonyl (C=O) groups excluding carboxylic acids is 1. The molecule has 0 aliphatic rings. The molecule has 2 aromatic carbocycles. The summed E-state index contributed by atoms with van der Waals surface area (Å²) in [6.07, 6.45) is 2.97. The second kappa shape index (κ2) is 11.0. The van der Waals surface area contributed by atoms with Gasteiger partial charge in [-0.05, 0) is 29.3 Å². The second-order valence-corrected chi connectivity index (χ2v) is 7.16. The minimum Gasteiger partial charge on any atom is -0.497 e. The Balaban J connectivity index is 2.05. The quantitative estimate of drug-likeness (QED) is 0.482. The van der Waals surface area contributed by atoms with E-state index in [1.165, 1.54) is 22.7 Å². The van der Waals surface area contributed by atoms with Crippen molar-refractivity contribution in [2.75, 3.05) is 31.5 Å². The van der Waals surface area contributed by atoms with Gasteiger partial charge in [-0.25, -0.2) is 4.79 Å². The smallest absolute Gasteiger partial charge is 0.330 e. The lowest BCUT2D eigenvalue weighted by Crippen LogP contribution is -2.40. The van der Waals surface area contributed by atoms with Crippen LogP contribution in [0.4, 0.5) is 11.5 Å². The molecule has 0 aliphatic heterocycles. The number of nitrogens with two attached hydrogens (primary N) is 1. The number of methoxy groups -OCH3 is 2. The van der Waals surface area contributed by atoms with Crippen LogP contribution in [-0.4, -0.2) is 36.3 Å². The van der Waals surface area contributed by atoms with E-state index in [1.807, 2.05) is 36.4 Å². The third-order valence-electron chi connectivity index (χ3n) is 4.96. The molecule has 0 aliphatic carbocycles. The predicted molar refractivity (Wildman–Crippen MR) is 127 cm³/mol. The summed E-state index contributed by atoms with van der Waals surface area (Å²) >= 11 is 0. The molecule has 172 valence electrons. The number of carbonyl (C=O) groups is 1. The van der Waals surface area contributed by atoms with Gasteiger partial charge in [0.25, 0.3) is 11.5 Å². The van der Waals surface area contributed by atoms with E-state index in [2.05, 4.69) is 4.98 Å². The summed E-state index contributed by atoms with van der Waals surface area (Å²) < 4.78 is 11.4. The predicted octanol–water partition coefficient (Wildman–Crippen LogP) is 2.02. The lowest BCUT2D eigenvalue weighted by atomic mass is 10.1. The number of rotatable bonds is 9. The van der Waals surface area contributed by atoms with Gasteiger partial charge < -0.3 is 15.2 Å². The van der Waals surface area contributed by atoms with Crippen LogP contribution in [0.5, 0.6) is 5.75 Å². The number of benzene rings is 2. The van der Waals surface area contributed by atoms with E-state index in [0.29, 0.717) is 5.75 Å². The Bertz CT molecular complexity index is 1250. The van der Waals surface area contributed by atoms with Crippen LogP contribution in [-0.2, 0) is 22.6 Å². The zero-order chi connectivity index (χ0) is 23.8. The molecule has 3 rings (SSSR count). The van der Waals surface area contributed by atoms with Crippen molar-refractivity contribution in [3.63, 3.8) is 0 Å². The van der Waals surface area contributed by atoms with E-state index < -0.39 is 17.2 Å². The third-order valence-corrected chi connectivity index (χ3v) is 4.96. The van der Waals surface area contributed by atoms with Crippen LogP contribution >= 0.6 is 0 Å². The van der Waals surface area contributed by atoms with Crippen LogP contribution < -0.4 is 26.6 Å². The summed E-state index contributed by atoms with van der Waals surface area (Å²) in [6, 6.07) is 16.4. The van der Waals surface area contributed by atoms with E-state index in [4.69, 9.17) is 15.2 Å². The molecule has 3 aromatic rings. The molecule has 1 amide bonds. The zero-order valence-electron chi connectivity index (χ0n) is 18.5. The van der Waals surface area contributed by atoms with Gasteiger partial charge in [-0.3, -0.25) is 24.0 Å². The number of nitrogen functional groups attached to an aromatic ring is 1. The maximum absolute atomic E-state index is 13.3. The van der Waals surface area contributed by atoms with Crippen molar-refractivity contribution in [3.05, 3.63) is 92.6 Å². The molecule has 33 heavy (non-hydrogen) atoms. The van der Waals surface area contributed by atoms with Gasteiger partial charge in [0, 0.05) is 13.2 Å². The van der Waals surface area contributed by atoms with Crippen LogP contribution in [0, 0.1) is 0 Å². The highest BCUT2D eigenvalue weighted by Gasteiger charge is 2.23. The molecule has 0 unspecified atom stereocenters. The highest BCUT2D eigenvalue weighted by atomic mass is 16.5. The number of aromatic nitrogens is 2. The molecular formula is C24H26N4O5. The van der Waals surface area contributed by atoms with Crippen molar-refractivity contribution in [1.29, 1.82) is 0 Å². The first kappa shape index (κ1) is 23.6. The van der Waals surface area contributed by atoms with Crippen molar-refractivity contribution in [1.82, 2.24) is 9.55 Å². The van der Waals surface area contributed by atoms with Crippen LogP contribution in [0.3, 0.4) is 0 Å². The van der Waals surface area contributed by atoms with Crippen molar-refractivity contribution in [2.24, 2.45) is 0 Å². The van der Waals surface area contributed by atoms with E-state index in [-0.39, 0.29) is 31.2 Å². The number of nitrogens with one attached hydrogen (secondary N) is 1. The molecule has 9 heteroatoms. The molecule has 0 saturated heterocycles. The lowest BCUT2D eigenvalue weighted by molar-refractivity contribution is -0.114. The summed E-state index contributed by atoms with van der Waals surface area (Å²) in [6.45, 7) is 0.411. The number of hydrogen-bond donors (Lipinski definition) is 2. The number of nitrogens with zero attached hydrogens (tertiary/aromatic N) is 2. The second-order valence-electron chi connectivity index (χ2n) is 7.16. The van der Waals surface area contributed by atoms with Crippen molar-refractivity contribution < 1.29 is 14.3 Å². The summed E-state index contributed by atoms with van der Waals surface area (Å²) in [5, 5.41) is 0. The van der Waals surface area contributed by atoms with Gasteiger partial charge in [-0.1, -0.05) is 42.5 Å². The molecular weight excluding hydrogens is 424 g/mol. The number of amides is 1.